The van der Waals surface area contributed by atoms with Crippen LogP contribution in [0.3, 0.4) is 0 Å². The van der Waals surface area contributed by atoms with Crippen LogP contribution in [0.4, 0.5) is 0 Å². The van der Waals surface area contributed by atoms with Gasteiger partial charge in [0.1, 0.15) is 0 Å². The molecule has 0 radical (unpaired) electrons. The third kappa shape index (κ3) is 3.26. The van der Waals surface area contributed by atoms with Crippen LogP contribution in [0.1, 0.15) is 29.8 Å². The fraction of sp³-hybridized carbons (Fsp3) is 0.120. The summed E-state index contributed by atoms with van der Waals surface area (Å²) in [6, 6.07) is 26.6. The lowest BCUT2D eigenvalue weighted by Gasteiger charge is -2.10. The van der Waals surface area contributed by atoms with E-state index in [1.165, 1.54) is 16.7 Å². The lowest BCUT2D eigenvalue weighted by Crippen LogP contribution is -1.97. The summed E-state index contributed by atoms with van der Waals surface area (Å²) in [5, 5.41) is 0.905. The largest absolute Gasteiger partial charge is 0.294 e. The van der Waals surface area contributed by atoms with Gasteiger partial charge in [0.25, 0.3) is 0 Å². The van der Waals surface area contributed by atoms with Crippen molar-refractivity contribution in [2.45, 2.75) is 20.3 Å². The number of nitrogens with zero attached hydrogens (tertiary/aromatic N) is 1. The second-order valence-electron chi connectivity index (χ2n) is 6.72. The highest BCUT2D eigenvalue weighted by molar-refractivity contribution is 6.07. The summed E-state index contributed by atoms with van der Waals surface area (Å²) >= 11 is 0. The molecule has 0 spiro atoms. The third-order valence-corrected chi connectivity index (χ3v) is 4.99. The summed E-state index contributed by atoms with van der Waals surface area (Å²) in [5.74, 6) is 0.0587. The second-order valence-corrected chi connectivity index (χ2v) is 6.72. The molecule has 0 amide bonds. The highest BCUT2D eigenvalue weighted by Crippen LogP contribution is 2.29. The van der Waals surface area contributed by atoms with E-state index in [9.17, 15) is 4.79 Å². The van der Waals surface area contributed by atoms with Gasteiger partial charge in [0.15, 0.2) is 5.78 Å². The van der Waals surface area contributed by atoms with Crippen LogP contribution >= 0.6 is 0 Å². The molecule has 0 saturated heterocycles. The van der Waals surface area contributed by atoms with Crippen LogP contribution in [0.25, 0.3) is 33.3 Å². The van der Waals surface area contributed by atoms with Gasteiger partial charge in [-0.2, -0.15) is 0 Å². The first kappa shape index (κ1) is 17.2. The first-order chi connectivity index (χ1) is 13.2. The van der Waals surface area contributed by atoms with Crippen LogP contribution in [-0.4, -0.2) is 10.8 Å². The predicted molar refractivity (Wildman–Crippen MR) is 112 cm³/mol. The summed E-state index contributed by atoms with van der Waals surface area (Å²) in [7, 11) is 0. The van der Waals surface area contributed by atoms with Gasteiger partial charge >= 0.3 is 0 Å². The van der Waals surface area contributed by atoms with Gasteiger partial charge in [0.2, 0.25) is 0 Å². The molecular formula is C25H21NO. The first-order valence-corrected chi connectivity index (χ1v) is 9.27. The Morgan fingerprint density at radius 2 is 1.52 bits per heavy atom. The highest BCUT2D eigenvalue weighted by Gasteiger charge is 2.11. The Hall–Kier alpha value is -3.26. The fourth-order valence-corrected chi connectivity index (χ4v) is 3.55. The molecule has 2 heteroatoms. The number of aromatic nitrogens is 1. The molecule has 0 aliphatic carbocycles. The van der Waals surface area contributed by atoms with Crippen LogP contribution in [0.5, 0.6) is 0 Å². The molecule has 0 aliphatic rings. The number of aryl methyl sites for hydroxylation is 1. The van der Waals surface area contributed by atoms with Crippen molar-refractivity contribution in [3.05, 3.63) is 90.0 Å². The zero-order chi connectivity index (χ0) is 18.8. The van der Waals surface area contributed by atoms with E-state index in [4.69, 9.17) is 4.98 Å². The van der Waals surface area contributed by atoms with Crippen molar-refractivity contribution in [3.8, 4) is 22.4 Å². The smallest absolute Gasteiger partial charge is 0.160 e. The minimum atomic E-state index is 0.0587. The van der Waals surface area contributed by atoms with E-state index in [0.717, 1.165) is 34.1 Å². The zero-order valence-corrected chi connectivity index (χ0v) is 15.6. The van der Waals surface area contributed by atoms with Crippen molar-refractivity contribution in [1.82, 2.24) is 4.98 Å². The molecule has 4 rings (SSSR count). The Labute approximate surface area is 159 Å². The van der Waals surface area contributed by atoms with Gasteiger partial charge in [-0.3, -0.25) is 4.79 Å². The number of hydrogen-bond acceptors (Lipinski definition) is 2. The first-order valence-electron chi connectivity index (χ1n) is 9.27. The van der Waals surface area contributed by atoms with E-state index >= 15 is 0 Å². The van der Waals surface area contributed by atoms with Gasteiger partial charge in [-0.1, -0.05) is 73.7 Å². The molecule has 0 atom stereocenters. The Kier molecular flexibility index (Phi) is 4.55. The summed E-state index contributed by atoms with van der Waals surface area (Å²) < 4.78 is 0. The molecule has 27 heavy (non-hydrogen) atoms. The molecule has 1 heterocycles. The van der Waals surface area contributed by atoms with E-state index in [1.54, 1.807) is 6.92 Å². The number of benzene rings is 3. The van der Waals surface area contributed by atoms with E-state index in [2.05, 4.69) is 55.5 Å². The molecule has 0 fully saturated rings. The maximum absolute atomic E-state index is 12.1. The predicted octanol–water partition coefficient (Wildman–Crippen LogP) is 6.33. The molecule has 3 aromatic carbocycles. The maximum atomic E-state index is 12.1. The molecular weight excluding hydrogens is 330 g/mol. The summed E-state index contributed by atoms with van der Waals surface area (Å²) in [6.07, 6.45) is 1.01. The number of hydrogen-bond donors (Lipinski definition) is 0. The number of carbonyl (C=O) groups excluding carboxylic acids is 1. The quantitative estimate of drug-likeness (QED) is 0.402. The molecule has 2 nitrogen and oxygen atoms in total. The fourth-order valence-electron chi connectivity index (χ4n) is 3.55. The van der Waals surface area contributed by atoms with Gasteiger partial charge in [-0.15, -0.1) is 0 Å². The molecule has 0 N–H and O–H groups in total. The van der Waals surface area contributed by atoms with Gasteiger partial charge in [0, 0.05) is 16.5 Å². The minimum absolute atomic E-state index is 0.0587. The average molecular weight is 351 g/mol. The molecule has 0 bridgehead atoms. The van der Waals surface area contributed by atoms with Crippen LogP contribution in [0, 0.1) is 0 Å². The number of fused-ring (bicyclic) bond motifs is 1. The summed E-state index contributed by atoms with van der Waals surface area (Å²) in [6.45, 7) is 3.78. The van der Waals surface area contributed by atoms with Crippen molar-refractivity contribution in [2.24, 2.45) is 0 Å². The van der Waals surface area contributed by atoms with Gasteiger partial charge < -0.3 is 0 Å². The second kappa shape index (κ2) is 7.16. The monoisotopic (exact) mass is 351 g/mol. The van der Waals surface area contributed by atoms with Crippen molar-refractivity contribution in [2.75, 3.05) is 0 Å². The lowest BCUT2D eigenvalue weighted by molar-refractivity contribution is 0.101. The molecule has 0 saturated carbocycles. The lowest BCUT2D eigenvalue weighted by atomic mass is 9.96. The highest BCUT2D eigenvalue weighted by atomic mass is 16.1. The van der Waals surface area contributed by atoms with Gasteiger partial charge in [-0.25, -0.2) is 4.98 Å². The molecule has 4 aromatic rings. The Morgan fingerprint density at radius 1 is 0.852 bits per heavy atom. The van der Waals surface area contributed by atoms with Gasteiger partial charge in [-0.05, 0) is 42.2 Å². The summed E-state index contributed by atoms with van der Waals surface area (Å²) in [4.78, 5) is 16.9. The Balaban J connectivity index is 1.79. The van der Waals surface area contributed by atoms with Crippen LogP contribution < -0.4 is 0 Å². The maximum Gasteiger partial charge on any atom is 0.160 e. The van der Waals surface area contributed by atoms with Crippen molar-refractivity contribution in [1.29, 1.82) is 0 Å². The Bertz CT molecular complexity index is 1130. The van der Waals surface area contributed by atoms with Crippen molar-refractivity contribution in [3.63, 3.8) is 0 Å². The minimum Gasteiger partial charge on any atom is -0.294 e. The number of rotatable bonds is 4. The van der Waals surface area contributed by atoms with E-state index < -0.39 is 0 Å². The van der Waals surface area contributed by atoms with Gasteiger partial charge in [0.05, 0.1) is 11.2 Å². The number of Topliss-reactive ketones (excluding diaryl/α,β-unsaturated/α-hetero) is 1. The van der Waals surface area contributed by atoms with E-state index in [0.29, 0.717) is 0 Å². The molecule has 1 aromatic heterocycles. The normalized spacial score (nSPS) is 10.9. The summed E-state index contributed by atoms with van der Waals surface area (Å²) in [5.41, 5.74) is 7.21. The zero-order valence-electron chi connectivity index (χ0n) is 15.6. The topological polar surface area (TPSA) is 30.0 Å². The SMILES string of the molecule is CCc1ccccc1-c1ccc(-c2cc(C(C)=O)c3ccccc3n2)cc1. The van der Waals surface area contributed by atoms with Crippen molar-refractivity contribution < 1.29 is 4.79 Å². The van der Waals surface area contributed by atoms with Crippen LogP contribution in [-0.2, 0) is 6.42 Å². The number of pyridine rings is 1. The third-order valence-electron chi connectivity index (χ3n) is 4.99. The standard InChI is InChI=1S/C25H21NO/c1-3-18-8-4-5-9-21(18)19-12-14-20(15-13-19)25-16-23(17(2)27)22-10-6-7-11-24(22)26-25/h4-16H,3H2,1-2H3. The molecule has 132 valence electrons. The number of para-hydroxylation sites is 1. The number of carbonyl (C=O) groups is 1. The van der Waals surface area contributed by atoms with Crippen LogP contribution in [0.15, 0.2) is 78.9 Å². The molecule has 0 aliphatic heterocycles. The Morgan fingerprint density at radius 3 is 2.26 bits per heavy atom. The average Bonchev–Trinajstić information content (AvgIpc) is 2.73. The van der Waals surface area contributed by atoms with Crippen LogP contribution in [0.2, 0.25) is 0 Å². The van der Waals surface area contributed by atoms with Crippen molar-refractivity contribution >= 4 is 16.7 Å². The number of ketones is 1. The van der Waals surface area contributed by atoms with E-state index in [1.807, 2.05) is 30.3 Å². The van der Waals surface area contributed by atoms with E-state index in [-0.39, 0.29) is 5.78 Å². The molecule has 0 unspecified atom stereocenters.